The van der Waals surface area contributed by atoms with Gasteiger partial charge in [0.25, 0.3) is 5.91 Å². The van der Waals surface area contributed by atoms with Crippen molar-refractivity contribution in [3.63, 3.8) is 0 Å². The summed E-state index contributed by atoms with van der Waals surface area (Å²) in [5.41, 5.74) is 3.15. The van der Waals surface area contributed by atoms with E-state index in [1.165, 1.54) is 16.0 Å². The number of amides is 1. The number of nitrogens with one attached hydrogen (secondary N) is 2. The van der Waals surface area contributed by atoms with Gasteiger partial charge in [-0.2, -0.15) is 0 Å². The average molecular weight is 319 g/mol. The maximum atomic E-state index is 12.2. The molecule has 0 fully saturated rings. The number of quaternary nitrogens is 1. The van der Waals surface area contributed by atoms with Gasteiger partial charge < -0.3 is 10.2 Å². The highest BCUT2D eigenvalue weighted by Gasteiger charge is 2.14. The third kappa shape index (κ3) is 4.11. The van der Waals surface area contributed by atoms with E-state index in [-0.39, 0.29) is 5.91 Å². The lowest BCUT2D eigenvalue weighted by atomic mass is 10.1. The highest BCUT2D eigenvalue weighted by Crippen LogP contribution is 2.11. The van der Waals surface area contributed by atoms with Crippen LogP contribution in [0.2, 0.25) is 0 Å². The summed E-state index contributed by atoms with van der Waals surface area (Å²) in [6.45, 7) is 9.92. The summed E-state index contributed by atoms with van der Waals surface area (Å²) < 4.78 is 3.80. The predicted molar refractivity (Wildman–Crippen MR) is 88.0 cm³/mol. The number of benzene rings is 1. The SMILES string of the molecule is CC[NH+](CC)Cc1ccccc1CNC(=O)c1snnc1C. The van der Waals surface area contributed by atoms with Crippen molar-refractivity contribution in [1.29, 1.82) is 0 Å². The van der Waals surface area contributed by atoms with Gasteiger partial charge in [-0.05, 0) is 37.9 Å². The fourth-order valence-electron chi connectivity index (χ4n) is 2.37. The summed E-state index contributed by atoms with van der Waals surface area (Å²) in [5, 5.41) is 6.85. The summed E-state index contributed by atoms with van der Waals surface area (Å²) in [5.74, 6) is -0.0995. The van der Waals surface area contributed by atoms with E-state index in [9.17, 15) is 4.79 Å². The third-order valence-electron chi connectivity index (χ3n) is 3.86. The number of aryl methyl sites for hydroxylation is 1. The predicted octanol–water partition coefficient (Wildman–Crippen LogP) is 1.20. The maximum Gasteiger partial charge on any atom is 0.265 e. The zero-order chi connectivity index (χ0) is 15.9. The van der Waals surface area contributed by atoms with Crippen LogP contribution in [-0.2, 0) is 13.1 Å². The van der Waals surface area contributed by atoms with Gasteiger partial charge in [-0.3, -0.25) is 4.79 Å². The first-order valence-electron chi connectivity index (χ1n) is 7.63. The fraction of sp³-hybridized carbons (Fsp3) is 0.438. The molecule has 6 heteroatoms. The van der Waals surface area contributed by atoms with E-state index < -0.39 is 0 Å². The number of hydrogen-bond acceptors (Lipinski definition) is 4. The number of aromatic nitrogens is 2. The average Bonchev–Trinajstić information content (AvgIpc) is 2.97. The van der Waals surface area contributed by atoms with E-state index in [0.29, 0.717) is 17.1 Å². The van der Waals surface area contributed by atoms with Crippen LogP contribution in [0.4, 0.5) is 0 Å². The van der Waals surface area contributed by atoms with E-state index in [0.717, 1.165) is 31.2 Å². The quantitative estimate of drug-likeness (QED) is 0.806. The summed E-state index contributed by atoms with van der Waals surface area (Å²) >= 11 is 1.14. The Hall–Kier alpha value is -1.79. The van der Waals surface area contributed by atoms with Crippen molar-refractivity contribution in [2.24, 2.45) is 0 Å². The smallest absolute Gasteiger partial charge is 0.265 e. The normalized spacial score (nSPS) is 10.9. The second-order valence-electron chi connectivity index (χ2n) is 5.27. The molecule has 0 aliphatic heterocycles. The molecule has 0 saturated carbocycles. The zero-order valence-corrected chi connectivity index (χ0v) is 14.2. The van der Waals surface area contributed by atoms with Gasteiger partial charge in [0.2, 0.25) is 0 Å². The van der Waals surface area contributed by atoms with Crippen molar-refractivity contribution in [1.82, 2.24) is 14.9 Å². The van der Waals surface area contributed by atoms with Crippen LogP contribution in [0.25, 0.3) is 0 Å². The lowest BCUT2D eigenvalue weighted by molar-refractivity contribution is -0.910. The highest BCUT2D eigenvalue weighted by molar-refractivity contribution is 7.07. The van der Waals surface area contributed by atoms with Crippen molar-refractivity contribution in [3.05, 3.63) is 46.0 Å². The topological polar surface area (TPSA) is 59.3 Å². The maximum absolute atomic E-state index is 12.2. The lowest BCUT2D eigenvalue weighted by Crippen LogP contribution is -3.10. The molecular formula is C16H23N4OS+. The van der Waals surface area contributed by atoms with Crippen molar-refractivity contribution >= 4 is 17.4 Å². The van der Waals surface area contributed by atoms with E-state index in [1.54, 1.807) is 6.92 Å². The van der Waals surface area contributed by atoms with Crippen LogP contribution in [0.5, 0.6) is 0 Å². The molecule has 2 N–H and O–H groups in total. The van der Waals surface area contributed by atoms with Crippen molar-refractivity contribution in [3.8, 4) is 0 Å². The van der Waals surface area contributed by atoms with Crippen LogP contribution in [0.15, 0.2) is 24.3 Å². The standard InChI is InChI=1S/C16H22N4OS/c1-4-20(5-2)11-14-9-7-6-8-13(14)10-17-16(21)15-12(3)18-19-22-15/h6-9H,4-5,10-11H2,1-3H3,(H,17,21)/p+1. The largest absolute Gasteiger partial charge is 0.347 e. The molecule has 2 aromatic rings. The second kappa shape index (κ2) is 8.00. The van der Waals surface area contributed by atoms with Gasteiger partial charge in [-0.1, -0.05) is 28.8 Å². The van der Waals surface area contributed by atoms with Crippen LogP contribution in [-0.4, -0.2) is 28.6 Å². The van der Waals surface area contributed by atoms with E-state index >= 15 is 0 Å². The fourth-order valence-corrected chi connectivity index (χ4v) is 2.94. The summed E-state index contributed by atoms with van der Waals surface area (Å²) in [4.78, 5) is 14.3. The Kier molecular flexibility index (Phi) is 6.03. The Morgan fingerprint density at radius 1 is 1.23 bits per heavy atom. The van der Waals surface area contributed by atoms with Crippen molar-refractivity contribution < 1.29 is 9.69 Å². The van der Waals surface area contributed by atoms with E-state index in [4.69, 9.17) is 0 Å². The Bertz CT molecular complexity index is 622. The first-order chi connectivity index (χ1) is 10.7. The molecule has 22 heavy (non-hydrogen) atoms. The molecule has 0 unspecified atom stereocenters. The van der Waals surface area contributed by atoms with Gasteiger partial charge in [0, 0.05) is 12.1 Å². The van der Waals surface area contributed by atoms with Crippen LogP contribution in [0, 0.1) is 6.92 Å². The van der Waals surface area contributed by atoms with E-state index in [1.807, 2.05) is 6.07 Å². The number of carbonyl (C=O) groups excluding carboxylic acids is 1. The molecule has 0 saturated heterocycles. The second-order valence-corrected chi connectivity index (χ2v) is 6.03. The lowest BCUT2D eigenvalue weighted by Gasteiger charge is -2.17. The zero-order valence-electron chi connectivity index (χ0n) is 13.3. The van der Waals surface area contributed by atoms with Crippen molar-refractivity contribution in [2.75, 3.05) is 13.1 Å². The van der Waals surface area contributed by atoms with Gasteiger partial charge in [-0.25, -0.2) is 0 Å². The molecule has 0 spiro atoms. The molecule has 0 aliphatic rings. The minimum atomic E-state index is -0.0995. The Balaban J connectivity index is 2.04. The minimum Gasteiger partial charge on any atom is -0.347 e. The first kappa shape index (κ1) is 16.6. The summed E-state index contributed by atoms with van der Waals surface area (Å²) in [6, 6.07) is 8.30. The number of rotatable bonds is 7. The first-order valence-corrected chi connectivity index (χ1v) is 8.40. The van der Waals surface area contributed by atoms with Crippen LogP contribution >= 0.6 is 11.5 Å². The van der Waals surface area contributed by atoms with Gasteiger partial charge in [0.1, 0.15) is 11.4 Å². The molecule has 0 bridgehead atoms. The van der Waals surface area contributed by atoms with Gasteiger partial charge in [0.05, 0.1) is 18.8 Å². The van der Waals surface area contributed by atoms with Gasteiger partial charge >= 0.3 is 0 Å². The Labute approximate surface area is 135 Å². The van der Waals surface area contributed by atoms with Crippen LogP contribution in [0.1, 0.15) is 40.3 Å². The third-order valence-corrected chi connectivity index (χ3v) is 4.68. The highest BCUT2D eigenvalue weighted by atomic mass is 32.1. The minimum absolute atomic E-state index is 0.0995. The number of carbonyl (C=O) groups is 1. The molecule has 1 amide bonds. The monoisotopic (exact) mass is 319 g/mol. The van der Waals surface area contributed by atoms with E-state index in [2.05, 4.69) is 47.0 Å². The number of hydrogen-bond donors (Lipinski definition) is 2. The molecule has 0 radical (unpaired) electrons. The Morgan fingerprint density at radius 2 is 1.91 bits per heavy atom. The molecule has 118 valence electrons. The van der Waals surface area contributed by atoms with Gasteiger partial charge in [0.15, 0.2) is 0 Å². The van der Waals surface area contributed by atoms with Gasteiger partial charge in [-0.15, -0.1) is 5.10 Å². The summed E-state index contributed by atoms with van der Waals surface area (Å²) in [6.07, 6.45) is 0. The molecule has 1 aromatic heterocycles. The molecular weight excluding hydrogens is 296 g/mol. The molecule has 2 rings (SSSR count). The Morgan fingerprint density at radius 3 is 2.50 bits per heavy atom. The number of nitrogens with zero attached hydrogens (tertiary/aromatic N) is 2. The molecule has 5 nitrogen and oxygen atoms in total. The molecule has 1 aromatic carbocycles. The van der Waals surface area contributed by atoms with Crippen LogP contribution < -0.4 is 10.2 Å². The molecule has 0 aliphatic carbocycles. The van der Waals surface area contributed by atoms with Crippen molar-refractivity contribution in [2.45, 2.75) is 33.9 Å². The van der Waals surface area contributed by atoms with Crippen LogP contribution in [0.3, 0.4) is 0 Å². The molecule has 1 heterocycles. The molecule has 0 atom stereocenters. The summed E-state index contributed by atoms with van der Waals surface area (Å²) in [7, 11) is 0.